The lowest BCUT2D eigenvalue weighted by molar-refractivity contribution is 0.935. The number of fused-ring (bicyclic) bond motifs is 1. The number of aromatic nitrogens is 3. The van der Waals surface area contributed by atoms with Gasteiger partial charge in [0.25, 0.3) is 5.56 Å². The van der Waals surface area contributed by atoms with Crippen LogP contribution in [-0.4, -0.2) is 15.0 Å². The summed E-state index contributed by atoms with van der Waals surface area (Å²) >= 11 is 1.65. The fourth-order valence-corrected chi connectivity index (χ4v) is 2.84. The van der Waals surface area contributed by atoms with Crippen molar-refractivity contribution in [2.45, 2.75) is 12.8 Å². The molecule has 3 aromatic heterocycles. The van der Waals surface area contributed by atoms with Gasteiger partial charge in [0.2, 0.25) is 5.95 Å². The summed E-state index contributed by atoms with van der Waals surface area (Å²) in [6.45, 7) is 2.09. The summed E-state index contributed by atoms with van der Waals surface area (Å²) in [7, 11) is 0. The molecule has 0 radical (unpaired) electrons. The maximum atomic E-state index is 11.7. The summed E-state index contributed by atoms with van der Waals surface area (Å²) < 4.78 is 0. The van der Waals surface area contributed by atoms with Crippen LogP contribution in [0, 0.1) is 0 Å². The second-order valence-corrected chi connectivity index (χ2v) is 4.98. The first-order chi connectivity index (χ1) is 8.66. The van der Waals surface area contributed by atoms with E-state index in [1.807, 2.05) is 11.6 Å². The molecule has 0 aliphatic heterocycles. The highest BCUT2D eigenvalue weighted by Crippen LogP contribution is 2.29. The zero-order chi connectivity index (χ0) is 12.7. The van der Waals surface area contributed by atoms with Crippen molar-refractivity contribution in [2.75, 3.05) is 5.73 Å². The topological polar surface area (TPSA) is 87.6 Å². The van der Waals surface area contributed by atoms with Crippen LogP contribution < -0.4 is 11.3 Å². The van der Waals surface area contributed by atoms with Gasteiger partial charge in [0.1, 0.15) is 11.0 Å². The van der Waals surface area contributed by atoms with Crippen molar-refractivity contribution in [3.05, 3.63) is 44.5 Å². The largest absolute Gasteiger partial charge is 0.369 e. The molecule has 3 aromatic rings. The Bertz CT molecular complexity index is 741. The maximum absolute atomic E-state index is 11.7. The SMILES string of the molecule is CC(c1ccsc1)c1c[nH]c2c(=O)[nH]c(N)nc12. The zero-order valence-corrected chi connectivity index (χ0v) is 10.5. The predicted octanol–water partition coefficient (Wildman–Crippen LogP) is 2.05. The molecule has 0 saturated carbocycles. The Kier molecular flexibility index (Phi) is 2.45. The van der Waals surface area contributed by atoms with Gasteiger partial charge in [-0.25, -0.2) is 4.98 Å². The number of thiophene rings is 1. The molecule has 0 aliphatic rings. The third-order valence-electron chi connectivity index (χ3n) is 3.09. The molecule has 0 spiro atoms. The molecule has 4 N–H and O–H groups in total. The van der Waals surface area contributed by atoms with Crippen LogP contribution in [0.5, 0.6) is 0 Å². The van der Waals surface area contributed by atoms with Gasteiger partial charge in [-0.1, -0.05) is 6.92 Å². The lowest BCUT2D eigenvalue weighted by Crippen LogP contribution is -2.11. The normalized spacial score (nSPS) is 12.9. The van der Waals surface area contributed by atoms with Gasteiger partial charge in [-0.15, -0.1) is 0 Å². The van der Waals surface area contributed by atoms with Gasteiger partial charge < -0.3 is 10.7 Å². The Morgan fingerprint density at radius 2 is 2.33 bits per heavy atom. The fourth-order valence-electron chi connectivity index (χ4n) is 2.08. The number of anilines is 1. The number of nitrogens with zero attached hydrogens (tertiary/aromatic N) is 1. The highest BCUT2D eigenvalue weighted by atomic mass is 32.1. The zero-order valence-electron chi connectivity index (χ0n) is 9.73. The number of nitrogens with one attached hydrogen (secondary N) is 2. The minimum atomic E-state index is -0.235. The summed E-state index contributed by atoms with van der Waals surface area (Å²) in [5.74, 6) is 0.324. The van der Waals surface area contributed by atoms with Crippen LogP contribution in [0.3, 0.4) is 0 Å². The molecule has 6 heteroatoms. The highest BCUT2D eigenvalue weighted by molar-refractivity contribution is 7.08. The van der Waals surface area contributed by atoms with Crippen molar-refractivity contribution in [1.29, 1.82) is 0 Å². The van der Waals surface area contributed by atoms with Crippen LogP contribution in [0.2, 0.25) is 0 Å². The van der Waals surface area contributed by atoms with Crippen LogP contribution in [0.4, 0.5) is 5.95 Å². The highest BCUT2D eigenvalue weighted by Gasteiger charge is 2.16. The van der Waals surface area contributed by atoms with Gasteiger partial charge in [-0.05, 0) is 22.4 Å². The summed E-state index contributed by atoms with van der Waals surface area (Å²) in [4.78, 5) is 21.4. The van der Waals surface area contributed by atoms with Crippen molar-refractivity contribution in [3.63, 3.8) is 0 Å². The Hall–Kier alpha value is -2.08. The van der Waals surface area contributed by atoms with E-state index in [1.54, 1.807) is 11.3 Å². The van der Waals surface area contributed by atoms with Gasteiger partial charge in [0.05, 0.1) is 0 Å². The number of aromatic amines is 2. The average molecular weight is 260 g/mol. The van der Waals surface area contributed by atoms with E-state index >= 15 is 0 Å². The summed E-state index contributed by atoms with van der Waals surface area (Å²) in [5, 5.41) is 4.13. The minimum Gasteiger partial charge on any atom is -0.369 e. The third-order valence-corrected chi connectivity index (χ3v) is 3.79. The lowest BCUT2D eigenvalue weighted by Gasteiger charge is -2.07. The number of H-pyrrole nitrogens is 2. The molecule has 0 fully saturated rings. The maximum Gasteiger partial charge on any atom is 0.276 e. The number of rotatable bonds is 2. The third kappa shape index (κ3) is 1.62. The number of hydrogen-bond acceptors (Lipinski definition) is 4. The summed E-state index contributed by atoms with van der Waals surface area (Å²) in [6, 6.07) is 2.07. The predicted molar refractivity (Wildman–Crippen MR) is 73.0 cm³/mol. The standard InChI is InChI=1S/C12H12N4OS/c1-6(7-2-3-18-5-7)8-4-14-10-9(8)15-12(13)16-11(10)17/h2-6,14H,1H3,(H3,13,15,16,17). The Morgan fingerprint density at radius 3 is 3.06 bits per heavy atom. The van der Waals surface area contributed by atoms with Crippen molar-refractivity contribution in [1.82, 2.24) is 15.0 Å². The van der Waals surface area contributed by atoms with Crippen LogP contribution in [0.15, 0.2) is 27.8 Å². The first kappa shape index (κ1) is 11.0. The quantitative estimate of drug-likeness (QED) is 0.659. The van der Waals surface area contributed by atoms with Gasteiger partial charge in [0.15, 0.2) is 0 Å². The first-order valence-electron chi connectivity index (χ1n) is 5.55. The second kappa shape index (κ2) is 3.99. The van der Waals surface area contributed by atoms with E-state index in [-0.39, 0.29) is 17.4 Å². The number of hydrogen-bond donors (Lipinski definition) is 3. The first-order valence-corrected chi connectivity index (χ1v) is 6.50. The summed E-state index contributed by atoms with van der Waals surface area (Å²) in [5.41, 5.74) is 8.68. The van der Waals surface area contributed by atoms with Crippen molar-refractivity contribution < 1.29 is 0 Å². The van der Waals surface area contributed by atoms with Crippen LogP contribution in [0.25, 0.3) is 11.0 Å². The molecular formula is C12H12N4OS. The Morgan fingerprint density at radius 1 is 1.50 bits per heavy atom. The fraction of sp³-hybridized carbons (Fsp3) is 0.167. The van der Waals surface area contributed by atoms with E-state index in [9.17, 15) is 4.79 Å². The minimum absolute atomic E-state index is 0.144. The molecule has 3 rings (SSSR count). The van der Waals surface area contributed by atoms with E-state index < -0.39 is 0 Å². The molecule has 0 aliphatic carbocycles. The van der Waals surface area contributed by atoms with Crippen molar-refractivity contribution in [3.8, 4) is 0 Å². The Labute approximate surface area is 107 Å². The molecule has 1 atom stereocenters. The molecule has 0 bridgehead atoms. The molecule has 0 saturated heterocycles. The van der Waals surface area contributed by atoms with Crippen LogP contribution >= 0.6 is 11.3 Å². The lowest BCUT2D eigenvalue weighted by atomic mass is 9.97. The Balaban J connectivity index is 2.21. The molecule has 18 heavy (non-hydrogen) atoms. The molecule has 5 nitrogen and oxygen atoms in total. The second-order valence-electron chi connectivity index (χ2n) is 4.20. The van der Waals surface area contributed by atoms with Gasteiger partial charge >= 0.3 is 0 Å². The van der Waals surface area contributed by atoms with Gasteiger partial charge in [0, 0.05) is 17.7 Å². The van der Waals surface area contributed by atoms with E-state index in [0.29, 0.717) is 11.0 Å². The molecular weight excluding hydrogens is 248 g/mol. The van der Waals surface area contributed by atoms with E-state index in [0.717, 1.165) is 5.56 Å². The monoisotopic (exact) mass is 260 g/mol. The molecule has 92 valence electrons. The van der Waals surface area contributed by atoms with E-state index in [1.165, 1.54) is 5.56 Å². The summed E-state index contributed by atoms with van der Waals surface area (Å²) in [6.07, 6.45) is 1.83. The van der Waals surface area contributed by atoms with Gasteiger partial charge in [-0.2, -0.15) is 11.3 Å². The van der Waals surface area contributed by atoms with Gasteiger partial charge in [-0.3, -0.25) is 9.78 Å². The van der Waals surface area contributed by atoms with E-state index in [2.05, 4.69) is 33.3 Å². The van der Waals surface area contributed by atoms with Crippen molar-refractivity contribution >= 4 is 28.3 Å². The molecule has 3 heterocycles. The van der Waals surface area contributed by atoms with Crippen LogP contribution in [0.1, 0.15) is 24.0 Å². The molecule has 0 aromatic carbocycles. The van der Waals surface area contributed by atoms with Crippen molar-refractivity contribution in [2.24, 2.45) is 0 Å². The average Bonchev–Trinajstić information content (AvgIpc) is 2.96. The van der Waals surface area contributed by atoms with Crippen LogP contribution in [-0.2, 0) is 0 Å². The molecule has 1 unspecified atom stereocenters. The number of nitrogen functional groups attached to an aromatic ring is 1. The molecule has 0 amide bonds. The number of nitrogens with two attached hydrogens (primary N) is 1. The van der Waals surface area contributed by atoms with E-state index in [4.69, 9.17) is 5.73 Å². The smallest absolute Gasteiger partial charge is 0.276 e.